The smallest absolute Gasteiger partial charge is 0.242 e. The molecule has 2 amide bonds. The molecule has 7 nitrogen and oxygen atoms in total. The average Bonchev–Trinajstić information content (AvgIpc) is 2.84. The Labute approximate surface area is 196 Å². The summed E-state index contributed by atoms with van der Waals surface area (Å²) in [5.41, 5.74) is 1.01. The maximum atomic E-state index is 12.7. The van der Waals surface area contributed by atoms with Crippen LogP contribution in [0, 0.1) is 11.8 Å². The van der Waals surface area contributed by atoms with Crippen LogP contribution in [0.25, 0.3) is 0 Å². The maximum Gasteiger partial charge on any atom is 0.242 e. The molecule has 1 aliphatic rings. The van der Waals surface area contributed by atoms with Crippen LogP contribution in [0.3, 0.4) is 0 Å². The normalized spacial score (nSPS) is 20.4. The second-order valence-electron chi connectivity index (χ2n) is 8.75. The Bertz CT molecular complexity index is 1020. The third-order valence-corrected chi connectivity index (χ3v) is 7.68. The molecule has 33 heavy (non-hydrogen) atoms. The summed E-state index contributed by atoms with van der Waals surface area (Å²) in [6.45, 7) is 3.96. The van der Waals surface area contributed by atoms with Gasteiger partial charge in [-0.2, -0.15) is 0 Å². The summed E-state index contributed by atoms with van der Waals surface area (Å²) in [7, 11) is -3.52. The molecule has 0 heterocycles. The van der Waals surface area contributed by atoms with Gasteiger partial charge in [-0.1, -0.05) is 48.5 Å². The average molecular weight is 472 g/mol. The molecule has 0 spiro atoms. The molecule has 0 bridgehead atoms. The number of sulfonamides is 1. The monoisotopic (exact) mass is 471 g/mol. The number of benzene rings is 2. The molecule has 1 aliphatic carbocycles. The van der Waals surface area contributed by atoms with Gasteiger partial charge in [-0.05, 0) is 63.1 Å². The van der Waals surface area contributed by atoms with Gasteiger partial charge in [-0.3, -0.25) is 9.59 Å². The SMILES string of the molecule is CC(NC(=O)[C@H](C)NC(=O)C1CCC(CNS(=O)(=O)c2ccccc2)CC1)c1ccccc1. The van der Waals surface area contributed by atoms with Crippen LogP contribution < -0.4 is 15.4 Å². The second-order valence-corrected chi connectivity index (χ2v) is 10.5. The van der Waals surface area contributed by atoms with Crippen molar-refractivity contribution in [3.8, 4) is 0 Å². The lowest BCUT2D eigenvalue weighted by molar-refractivity contribution is -0.131. The summed E-state index contributed by atoms with van der Waals surface area (Å²) in [5.74, 6) is -0.300. The fourth-order valence-electron chi connectivity index (χ4n) is 4.10. The summed E-state index contributed by atoms with van der Waals surface area (Å²) < 4.78 is 27.5. The topological polar surface area (TPSA) is 104 Å². The Kier molecular flexibility index (Phi) is 8.63. The quantitative estimate of drug-likeness (QED) is 0.523. The third kappa shape index (κ3) is 7.14. The Hall–Kier alpha value is -2.71. The molecule has 3 N–H and O–H groups in total. The summed E-state index contributed by atoms with van der Waals surface area (Å²) in [6.07, 6.45) is 2.89. The number of nitrogens with one attached hydrogen (secondary N) is 3. The molecule has 2 aromatic rings. The maximum absolute atomic E-state index is 12.7. The molecule has 0 radical (unpaired) electrons. The Morgan fingerprint density at radius 2 is 1.45 bits per heavy atom. The molecule has 1 fully saturated rings. The molecule has 2 atom stereocenters. The van der Waals surface area contributed by atoms with Gasteiger partial charge in [0, 0.05) is 12.5 Å². The van der Waals surface area contributed by atoms with E-state index >= 15 is 0 Å². The van der Waals surface area contributed by atoms with Crippen molar-refractivity contribution in [1.82, 2.24) is 15.4 Å². The molecular formula is C25H33N3O4S. The van der Waals surface area contributed by atoms with Gasteiger partial charge in [0.25, 0.3) is 0 Å². The molecule has 0 aliphatic heterocycles. The van der Waals surface area contributed by atoms with Crippen molar-refractivity contribution in [2.24, 2.45) is 11.8 Å². The van der Waals surface area contributed by atoms with E-state index in [2.05, 4.69) is 15.4 Å². The third-order valence-electron chi connectivity index (χ3n) is 6.24. The van der Waals surface area contributed by atoms with Gasteiger partial charge < -0.3 is 10.6 Å². The first-order chi connectivity index (χ1) is 15.8. The molecule has 1 unspecified atom stereocenters. The van der Waals surface area contributed by atoms with Crippen LogP contribution in [-0.4, -0.2) is 32.8 Å². The summed E-state index contributed by atoms with van der Waals surface area (Å²) in [4.78, 5) is 25.4. The van der Waals surface area contributed by atoms with E-state index < -0.39 is 16.1 Å². The molecule has 0 aromatic heterocycles. The molecule has 178 valence electrons. The molecular weight excluding hydrogens is 438 g/mol. The Balaban J connectivity index is 1.41. The van der Waals surface area contributed by atoms with E-state index in [0.29, 0.717) is 19.4 Å². The van der Waals surface area contributed by atoms with Gasteiger partial charge in [0.05, 0.1) is 10.9 Å². The fourth-order valence-corrected chi connectivity index (χ4v) is 5.24. The standard InChI is InChI=1S/C25H33N3O4S/c1-18(21-9-5-3-6-10-21)27-24(29)19(2)28-25(30)22-15-13-20(14-16-22)17-26-33(31,32)23-11-7-4-8-12-23/h3-12,18-20,22,26H,13-17H2,1-2H3,(H,27,29)(H,28,30)/t18?,19-,20?,22?/m0/s1. The first-order valence-corrected chi connectivity index (χ1v) is 12.9. The minimum absolute atomic E-state index is 0.117. The van der Waals surface area contributed by atoms with E-state index in [4.69, 9.17) is 0 Å². The predicted molar refractivity (Wildman–Crippen MR) is 128 cm³/mol. The van der Waals surface area contributed by atoms with E-state index in [1.165, 1.54) is 0 Å². The van der Waals surface area contributed by atoms with Gasteiger partial charge in [0.1, 0.15) is 6.04 Å². The van der Waals surface area contributed by atoms with Crippen molar-refractivity contribution in [2.45, 2.75) is 56.5 Å². The number of rotatable bonds is 9. The van der Waals surface area contributed by atoms with Crippen molar-refractivity contribution in [3.05, 3.63) is 66.2 Å². The summed E-state index contributed by atoms with van der Waals surface area (Å²) >= 11 is 0. The van der Waals surface area contributed by atoms with E-state index in [1.54, 1.807) is 37.3 Å². The molecule has 2 aromatic carbocycles. The van der Waals surface area contributed by atoms with Crippen molar-refractivity contribution in [3.63, 3.8) is 0 Å². The number of amides is 2. The van der Waals surface area contributed by atoms with E-state index in [9.17, 15) is 18.0 Å². The van der Waals surface area contributed by atoms with E-state index in [-0.39, 0.29) is 34.6 Å². The number of hydrogen-bond acceptors (Lipinski definition) is 4. The highest BCUT2D eigenvalue weighted by Crippen LogP contribution is 2.29. The Morgan fingerprint density at radius 3 is 2.06 bits per heavy atom. The lowest BCUT2D eigenvalue weighted by Crippen LogP contribution is -2.47. The predicted octanol–water partition coefficient (Wildman–Crippen LogP) is 3.15. The second kappa shape index (κ2) is 11.4. The zero-order valence-corrected chi connectivity index (χ0v) is 20.0. The number of hydrogen-bond donors (Lipinski definition) is 3. The summed E-state index contributed by atoms with van der Waals surface area (Å²) in [6, 6.07) is 17.2. The van der Waals surface area contributed by atoms with Crippen LogP contribution in [0.4, 0.5) is 0 Å². The van der Waals surface area contributed by atoms with Crippen LogP contribution in [0.5, 0.6) is 0 Å². The van der Waals surface area contributed by atoms with Crippen molar-refractivity contribution in [2.75, 3.05) is 6.54 Å². The van der Waals surface area contributed by atoms with Gasteiger partial charge >= 0.3 is 0 Å². The van der Waals surface area contributed by atoms with Crippen LogP contribution in [-0.2, 0) is 19.6 Å². The minimum atomic E-state index is -3.52. The van der Waals surface area contributed by atoms with Crippen molar-refractivity contribution < 1.29 is 18.0 Å². The molecule has 1 saturated carbocycles. The first kappa shape index (κ1) is 24.9. The van der Waals surface area contributed by atoms with Gasteiger partial charge in [-0.15, -0.1) is 0 Å². The van der Waals surface area contributed by atoms with Gasteiger partial charge in [0.2, 0.25) is 21.8 Å². The fraction of sp³-hybridized carbons (Fsp3) is 0.440. The van der Waals surface area contributed by atoms with E-state index in [0.717, 1.165) is 18.4 Å². The highest BCUT2D eigenvalue weighted by Gasteiger charge is 2.29. The van der Waals surface area contributed by atoms with Crippen LogP contribution in [0.15, 0.2) is 65.6 Å². The largest absolute Gasteiger partial charge is 0.348 e. The highest BCUT2D eigenvalue weighted by atomic mass is 32.2. The summed E-state index contributed by atoms with van der Waals surface area (Å²) in [5, 5.41) is 5.77. The molecule has 3 rings (SSSR count). The Morgan fingerprint density at radius 1 is 0.879 bits per heavy atom. The number of carbonyl (C=O) groups excluding carboxylic acids is 2. The van der Waals surface area contributed by atoms with E-state index in [1.807, 2.05) is 37.3 Å². The van der Waals surface area contributed by atoms with Crippen molar-refractivity contribution >= 4 is 21.8 Å². The lowest BCUT2D eigenvalue weighted by Gasteiger charge is -2.29. The van der Waals surface area contributed by atoms with Crippen LogP contribution in [0.1, 0.15) is 51.1 Å². The zero-order valence-electron chi connectivity index (χ0n) is 19.2. The van der Waals surface area contributed by atoms with Crippen LogP contribution in [0.2, 0.25) is 0 Å². The number of carbonyl (C=O) groups is 2. The zero-order chi connectivity index (χ0) is 23.8. The van der Waals surface area contributed by atoms with Crippen LogP contribution >= 0.6 is 0 Å². The molecule has 8 heteroatoms. The lowest BCUT2D eigenvalue weighted by atomic mass is 9.81. The van der Waals surface area contributed by atoms with Gasteiger partial charge in [0.15, 0.2) is 0 Å². The van der Waals surface area contributed by atoms with Crippen molar-refractivity contribution in [1.29, 1.82) is 0 Å². The minimum Gasteiger partial charge on any atom is -0.348 e. The van der Waals surface area contributed by atoms with Gasteiger partial charge in [-0.25, -0.2) is 13.1 Å². The molecule has 0 saturated heterocycles. The highest BCUT2D eigenvalue weighted by molar-refractivity contribution is 7.89. The first-order valence-electron chi connectivity index (χ1n) is 11.5.